The number of piperidine rings is 1. The van der Waals surface area contributed by atoms with Crippen molar-refractivity contribution in [2.75, 3.05) is 53.5 Å². The normalized spacial score (nSPS) is 15.7. The van der Waals surface area contributed by atoms with E-state index in [9.17, 15) is 0 Å². The van der Waals surface area contributed by atoms with Crippen LogP contribution in [0, 0.1) is 5.92 Å². The van der Waals surface area contributed by atoms with E-state index in [1.54, 1.807) is 7.11 Å². The molecule has 2 N–H and O–H groups in total. The Kier molecular flexibility index (Phi) is 12.2. The third-order valence-electron chi connectivity index (χ3n) is 4.75. The van der Waals surface area contributed by atoms with E-state index < -0.39 is 0 Å². The number of halogens is 1. The van der Waals surface area contributed by atoms with Crippen LogP contribution in [0.15, 0.2) is 29.3 Å². The van der Waals surface area contributed by atoms with E-state index in [1.165, 1.54) is 38.9 Å². The van der Waals surface area contributed by atoms with Crippen molar-refractivity contribution in [1.29, 1.82) is 0 Å². The van der Waals surface area contributed by atoms with E-state index >= 15 is 0 Å². The second-order valence-electron chi connectivity index (χ2n) is 6.69. The first-order valence-electron chi connectivity index (χ1n) is 9.69. The van der Waals surface area contributed by atoms with Gasteiger partial charge in [-0.2, -0.15) is 0 Å². The van der Waals surface area contributed by atoms with Crippen molar-refractivity contribution < 1.29 is 9.47 Å². The molecule has 0 radical (unpaired) electrons. The number of methoxy groups -OCH3 is 1. The van der Waals surface area contributed by atoms with E-state index in [0.29, 0.717) is 13.2 Å². The molecule has 7 heteroatoms. The molecule has 27 heavy (non-hydrogen) atoms. The van der Waals surface area contributed by atoms with Gasteiger partial charge in [0.25, 0.3) is 0 Å². The van der Waals surface area contributed by atoms with Crippen LogP contribution in [0.3, 0.4) is 0 Å². The summed E-state index contributed by atoms with van der Waals surface area (Å²) in [6.07, 6.45) is 3.78. The zero-order chi connectivity index (χ0) is 18.6. The molecule has 6 nitrogen and oxygen atoms in total. The van der Waals surface area contributed by atoms with Gasteiger partial charge in [0.1, 0.15) is 18.1 Å². The molecule has 0 unspecified atom stereocenters. The Hall–Kier alpha value is -1.22. The van der Waals surface area contributed by atoms with Crippen LogP contribution in [0.2, 0.25) is 0 Å². The predicted octanol–water partition coefficient (Wildman–Crippen LogP) is 2.98. The molecule has 1 aliphatic rings. The lowest BCUT2D eigenvalue weighted by Gasteiger charge is -2.32. The number of benzene rings is 1. The van der Waals surface area contributed by atoms with Gasteiger partial charge in [0, 0.05) is 13.6 Å². The Morgan fingerprint density at radius 2 is 1.81 bits per heavy atom. The van der Waals surface area contributed by atoms with Gasteiger partial charge in [0.2, 0.25) is 0 Å². The monoisotopic (exact) mass is 490 g/mol. The predicted molar refractivity (Wildman–Crippen MR) is 123 cm³/mol. The lowest BCUT2D eigenvalue weighted by molar-refractivity contribution is 0.185. The number of aliphatic imine (C=N–C) groups is 1. The van der Waals surface area contributed by atoms with Crippen molar-refractivity contribution in [1.82, 2.24) is 15.5 Å². The number of nitrogens with one attached hydrogen (secondary N) is 2. The number of guanidine groups is 1. The summed E-state index contributed by atoms with van der Waals surface area (Å²) in [6.45, 7) is 8.21. The average Bonchev–Trinajstić information content (AvgIpc) is 2.69. The first-order valence-corrected chi connectivity index (χ1v) is 9.69. The SMILES string of the molecule is CCCN1CCC(CNC(=NC)NCCOc2ccc(OC)cc2)CC1.I. The van der Waals surface area contributed by atoms with E-state index in [0.717, 1.165) is 29.9 Å². The van der Waals surface area contributed by atoms with Gasteiger partial charge >= 0.3 is 0 Å². The summed E-state index contributed by atoms with van der Waals surface area (Å²) < 4.78 is 10.9. The fourth-order valence-corrected chi connectivity index (χ4v) is 3.20. The molecule has 0 amide bonds. The van der Waals surface area contributed by atoms with Gasteiger partial charge < -0.3 is 25.0 Å². The van der Waals surface area contributed by atoms with Gasteiger partial charge in [-0.1, -0.05) is 6.92 Å². The van der Waals surface area contributed by atoms with Gasteiger partial charge in [0.05, 0.1) is 13.7 Å². The first-order chi connectivity index (χ1) is 12.7. The second kappa shape index (κ2) is 13.9. The van der Waals surface area contributed by atoms with Crippen LogP contribution in [0.25, 0.3) is 0 Å². The van der Waals surface area contributed by atoms with Crippen LogP contribution >= 0.6 is 24.0 Å². The molecule has 1 heterocycles. The highest BCUT2D eigenvalue weighted by atomic mass is 127. The highest BCUT2D eigenvalue weighted by Crippen LogP contribution is 2.17. The van der Waals surface area contributed by atoms with Crippen molar-refractivity contribution >= 4 is 29.9 Å². The van der Waals surface area contributed by atoms with Crippen molar-refractivity contribution in [3.63, 3.8) is 0 Å². The molecular formula is C20H35IN4O2. The maximum absolute atomic E-state index is 5.72. The fourth-order valence-electron chi connectivity index (χ4n) is 3.20. The van der Waals surface area contributed by atoms with Crippen molar-refractivity contribution in [3.05, 3.63) is 24.3 Å². The third kappa shape index (κ3) is 9.01. The molecule has 154 valence electrons. The smallest absolute Gasteiger partial charge is 0.191 e. The summed E-state index contributed by atoms with van der Waals surface area (Å²) >= 11 is 0. The summed E-state index contributed by atoms with van der Waals surface area (Å²) in [5.41, 5.74) is 0. The van der Waals surface area contributed by atoms with Gasteiger partial charge in [-0.3, -0.25) is 4.99 Å². The summed E-state index contributed by atoms with van der Waals surface area (Å²) in [4.78, 5) is 6.87. The Morgan fingerprint density at radius 3 is 2.41 bits per heavy atom. The minimum atomic E-state index is 0. The third-order valence-corrected chi connectivity index (χ3v) is 4.75. The lowest BCUT2D eigenvalue weighted by atomic mass is 9.97. The first kappa shape index (κ1) is 23.8. The van der Waals surface area contributed by atoms with Crippen LogP contribution in [0.1, 0.15) is 26.2 Å². The number of nitrogens with zero attached hydrogens (tertiary/aromatic N) is 2. The summed E-state index contributed by atoms with van der Waals surface area (Å²) in [7, 11) is 3.47. The molecule has 0 aromatic heterocycles. The van der Waals surface area contributed by atoms with Crippen molar-refractivity contribution in [2.45, 2.75) is 26.2 Å². The molecule has 0 saturated carbocycles. The topological polar surface area (TPSA) is 58.1 Å². The standard InChI is InChI=1S/C20H34N4O2.HI/c1-4-12-24-13-9-17(10-14-24)16-23-20(21-2)22-11-15-26-19-7-5-18(25-3)6-8-19;/h5-8,17H,4,9-16H2,1-3H3,(H2,21,22,23);1H. The lowest BCUT2D eigenvalue weighted by Crippen LogP contribution is -2.43. The Bertz CT molecular complexity index is 531. The maximum Gasteiger partial charge on any atom is 0.191 e. The molecule has 0 bridgehead atoms. The minimum Gasteiger partial charge on any atom is -0.497 e. The van der Waals surface area contributed by atoms with Crippen LogP contribution < -0.4 is 20.1 Å². The molecular weight excluding hydrogens is 455 g/mol. The molecule has 0 aliphatic carbocycles. The number of ether oxygens (including phenoxy) is 2. The van der Waals surface area contributed by atoms with E-state index in [4.69, 9.17) is 9.47 Å². The van der Waals surface area contributed by atoms with E-state index in [-0.39, 0.29) is 24.0 Å². The van der Waals surface area contributed by atoms with Gasteiger partial charge in [-0.15, -0.1) is 24.0 Å². The van der Waals surface area contributed by atoms with Crippen LogP contribution in [0.5, 0.6) is 11.5 Å². The Morgan fingerprint density at radius 1 is 1.15 bits per heavy atom. The second-order valence-corrected chi connectivity index (χ2v) is 6.69. The van der Waals surface area contributed by atoms with E-state index in [2.05, 4.69) is 27.4 Å². The number of rotatable bonds is 9. The van der Waals surface area contributed by atoms with Gasteiger partial charge in [0.15, 0.2) is 5.96 Å². The van der Waals surface area contributed by atoms with E-state index in [1.807, 2.05) is 31.3 Å². The molecule has 1 saturated heterocycles. The van der Waals surface area contributed by atoms with Gasteiger partial charge in [-0.05, 0) is 69.1 Å². The Balaban J connectivity index is 0.00000364. The summed E-state index contributed by atoms with van der Waals surface area (Å²) in [5, 5.41) is 6.76. The average molecular weight is 490 g/mol. The van der Waals surface area contributed by atoms with Crippen LogP contribution in [-0.2, 0) is 0 Å². The molecule has 0 spiro atoms. The highest BCUT2D eigenvalue weighted by Gasteiger charge is 2.18. The summed E-state index contributed by atoms with van der Waals surface area (Å²) in [6, 6.07) is 7.62. The zero-order valence-corrected chi connectivity index (χ0v) is 19.2. The summed E-state index contributed by atoms with van der Waals surface area (Å²) in [5.74, 6) is 3.26. The largest absolute Gasteiger partial charge is 0.497 e. The molecule has 1 aromatic carbocycles. The minimum absolute atomic E-state index is 0. The zero-order valence-electron chi connectivity index (χ0n) is 16.9. The Labute approximate surface area is 181 Å². The molecule has 2 rings (SSSR count). The van der Waals surface area contributed by atoms with Crippen molar-refractivity contribution in [3.8, 4) is 11.5 Å². The highest BCUT2D eigenvalue weighted by molar-refractivity contribution is 14.0. The number of hydrogen-bond donors (Lipinski definition) is 2. The number of likely N-dealkylation sites (tertiary alicyclic amines) is 1. The molecule has 1 aromatic rings. The number of hydrogen-bond acceptors (Lipinski definition) is 4. The molecule has 1 fully saturated rings. The molecule has 0 atom stereocenters. The van der Waals surface area contributed by atoms with Crippen LogP contribution in [-0.4, -0.2) is 64.3 Å². The van der Waals surface area contributed by atoms with Gasteiger partial charge in [-0.25, -0.2) is 0 Å². The van der Waals surface area contributed by atoms with Crippen molar-refractivity contribution in [2.24, 2.45) is 10.9 Å². The quantitative estimate of drug-likeness (QED) is 0.241. The van der Waals surface area contributed by atoms with Crippen LogP contribution in [0.4, 0.5) is 0 Å². The fraction of sp³-hybridized carbons (Fsp3) is 0.650. The maximum atomic E-state index is 5.72. The molecule has 1 aliphatic heterocycles.